The van der Waals surface area contributed by atoms with Crippen LogP contribution < -0.4 is 19.7 Å². The van der Waals surface area contributed by atoms with Crippen molar-refractivity contribution in [1.82, 2.24) is 5.32 Å². The summed E-state index contributed by atoms with van der Waals surface area (Å²) in [6.45, 7) is 0. The van der Waals surface area contributed by atoms with Gasteiger partial charge in [0.05, 0.1) is 19.9 Å². The van der Waals surface area contributed by atoms with Crippen LogP contribution in [-0.2, 0) is 9.59 Å². The maximum atomic E-state index is 13.0. The third kappa shape index (κ3) is 3.72. The minimum atomic E-state index is -0.557. The van der Waals surface area contributed by atoms with E-state index in [1.54, 1.807) is 36.4 Å². The molecule has 1 aliphatic rings. The lowest BCUT2D eigenvalue weighted by Gasteiger charge is -2.28. The van der Waals surface area contributed by atoms with Crippen molar-refractivity contribution in [2.24, 2.45) is 0 Å². The monoisotopic (exact) mass is 446 g/mol. The highest BCUT2D eigenvalue weighted by Gasteiger charge is 2.34. The van der Waals surface area contributed by atoms with E-state index < -0.39 is 11.8 Å². The van der Waals surface area contributed by atoms with Gasteiger partial charge in [-0.05, 0) is 48.1 Å². The number of para-hydroxylation sites is 1. The van der Waals surface area contributed by atoms with Crippen LogP contribution in [0.3, 0.4) is 0 Å². The van der Waals surface area contributed by atoms with E-state index in [9.17, 15) is 9.59 Å². The zero-order valence-corrected chi connectivity index (χ0v) is 16.9. The highest BCUT2D eigenvalue weighted by Crippen LogP contribution is 2.34. The molecule has 2 aromatic rings. The number of methoxy groups -OCH3 is 2. The van der Waals surface area contributed by atoms with Crippen molar-refractivity contribution in [3.63, 3.8) is 0 Å². The highest BCUT2D eigenvalue weighted by atomic mass is 79.9. The number of carbonyl (C=O) groups excluding carboxylic acids is 2. The van der Waals surface area contributed by atoms with E-state index in [0.29, 0.717) is 27.2 Å². The van der Waals surface area contributed by atoms with Crippen LogP contribution in [0.5, 0.6) is 11.5 Å². The molecule has 8 heteroatoms. The fourth-order valence-corrected chi connectivity index (χ4v) is 3.32. The molecule has 1 saturated heterocycles. The fourth-order valence-electron chi connectivity index (χ4n) is 2.61. The number of halogens is 1. The van der Waals surface area contributed by atoms with Gasteiger partial charge < -0.3 is 9.47 Å². The number of nitrogens with one attached hydrogen (secondary N) is 1. The number of carbonyl (C=O) groups is 2. The molecule has 0 radical (unpaired) electrons. The van der Waals surface area contributed by atoms with Gasteiger partial charge in [0.1, 0.15) is 5.57 Å². The molecule has 1 aliphatic heterocycles. The van der Waals surface area contributed by atoms with Crippen molar-refractivity contribution in [2.45, 2.75) is 0 Å². The Morgan fingerprint density at radius 3 is 2.33 bits per heavy atom. The molecule has 6 nitrogen and oxygen atoms in total. The van der Waals surface area contributed by atoms with E-state index in [-0.39, 0.29) is 10.7 Å². The quantitative estimate of drug-likeness (QED) is 0.443. The summed E-state index contributed by atoms with van der Waals surface area (Å²) in [4.78, 5) is 26.7. The zero-order chi connectivity index (χ0) is 19.6. The van der Waals surface area contributed by atoms with Crippen LogP contribution in [0.15, 0.2) is 52.5 Å². The van der Waals surface area contributed by atoms with Crippen LogP contribution >= 0.6 is 28.1 Å². The Kier molecular flexibility index (Phi) is 5.57. The molecule has 0 aliphatic carbocycles. The molecule has 0 atom stereocenters. The largest absolute Gasteiger partial charge is 0.493 e. The first kappa shape index (κ1) is 19.1. The Hall–Kier alpha value is -2.71. The highest BCUT2D eigenvalue weighted by molar-refractivity contribution is 9.10. The van der Waals surface area contributed by atoms with Crippen molar-refractivity contribution in [3.05, 3.63) is 58.1 Å². The van der Waals surface area contributed by atoms with Gasteiger partial charge in [0.2, 0.25) is 0 Å². The van der Waals surface area contributed by atoms with Gasteiger partial charge in [0.25, 0.3) is 11.8 Å². The molecular weight excluding hydrogens is 432 g/mol. The number of thiocarbonyl (C=S) groups is 1. The molecule has 0 aromatic heterocycles. The lowest BCUT2D eigenvalue weighted by molar-refractivity contribution is -0.122. The van der Waals surface area contributed by atoms with Crippen molar-refractivity contribution in [2.75, 3.05) is 19.1 Å². The van der Waals surface area contributed by atoms with Gasteiger partial charge in [-0.3, -0.25) is 19.8 Å². The molecule has 2 amide bonds. The maximum Gasteiger partial charge on any atom is 0.270 e. The molecule has 0 spiro atoms. The van der Waals surface area contributed by atoms with Crippen molar-refractivity contribution >= 4 is 56.8 Å². The van der Waals surface area contributed by atoms with Gasteiger partial charge >= 0.3 is 0 Å². The molecule has 2 aromatic carbocycles. The average molecular weight is 447 g/mol. The fraction of sp³-hybridized carbons (Fsp3) is 0.105. The van der Waals surface area contributed by atoms with Crippen LogP contribution in [0, 0.1) is 0 Å². The van der Waals surface area contributed by atoms with Crippen molar-refractivity contribution < 1.29 is 19.1 Å². The number of hydrogen-bond donors (Lipinski definition) is 1. The molecule has 138 valence electrons. The second kappa shape index (κ2) is 7.89. The summed E-state index contributed by atoms with van der Waals surface area (Å²) >= 11 is 8.61. The van der Waals surface area contributed by atoms with Crippen LogP contribution in [0.1, 0.15) is 5.56 Å². The Morgan fingerprint density at radius 2 is 1.70 bits per heavy atom. The van der Waals surface area contributed by atoms with Gasteiger partial charge in [-0.15, -0.1) is 0 Å². The van der Waals surface area contributed by atoms with Crippen LogP contribution in [-0.4, -0.2) is 31.1 Å². The zero-order valence-electron chi connectivity index (χ0n) is 14.5. The second-order valence-corrected chi connectivity index (χ2v) is 6.76. The number of hydrogen-bond acceptors (Lipinski definition) is 5. The Bertz CT molecular complexity index is 960. The summed E-state index contributed by atoms with van der Waals surface area (Å²) in [7, 11) is 3.04. The molecule has 1 heterocycles. The van der Waals surface area contributed by atoms with Crippen LogP contribution in [0.25, 0.3) is 6.08 Å². The maximum absolute atomic E-state index is 13.0. The number of nitrogens with zero attached hydrogens (tertiary/aromatic N) is 1. The van der Waals surface area contributed by atoms with Crippen LogP contribution in [0.4, 0.5) is 5.69 Å². The summed E-state index contributed by atoms with van der Waals surface area (Å²) in [6.07, 6.45) is 1.49. The third-order valence-corrected chi connectivity index (χ3v) is 4.89. The van der Waals surface area contributed by atoms with Crippen LogP contribution in [0.2, 0.25) is 0 Å². The number of anilines is 1. The lowest BCUT2D eigenvalue weighted by Crippen LogP contribution is -2.54. The SMILES string of the molecule is COc1cc(Br)c(/C=C2/C(=O)NC(=S)N(c3ccccc3)C2=O)cc1OC. The summed E-state index contributed by atoms with van der Waals surface area (Å²) in [5.74, 6) is -0.0554. The summed E-state index contributed by atoms with van der Waals surface area (Å²) in [5.41, 5.74) is 1.12. The van der Waals surface area contributed by atoms with E-state index in [2.05, 4.69) is 21.2 Å². The number of benzene rings is 2. The minimum absolute atomic E-state index is 0.0413. The standard InChI is InChI=1S/C19H15BrN2O4S/c1-25-15-9-11(14(20)10-16(15)26-2)8-13-17(23)21-19(27)22(18(13)24)12-6-4-3-5-7-12/h3-10H,1-2H3,(H,21,23,27)/b13-8-. The first-order valence-corrected chi connectivity index (χ1v) is 9.04. The molecule has 3 rings (SSSR count). The molecule has 0 bridgehead atoms. The van der Waals surface area contributed by atoms with E-state index >= 15 is 0 Å². The predicted octanol–water partition coefficient (Wildman–Crippen LogP) is 3.30. The first-order valence-electron chi connectivity index (χ1n) is 7.84. The predicted molar refractivity (Wildman–Crippen MR) is 110 cm³/mol. The van der Waals surface area contributed by atoms with E-state index in [0.717, 1.165) is 0 Å². The van der Waals surface area contributed by atoms with Crippen molar-refractivity contribution in [3.8, 4) is 11.5 Å². The Morgan fingerprint density at radius 1 is 1.07 bits per heavy atom. The molecule has 1 fully saturated rings. The smallest absolute Gasteiger partial charge is 0.270 e. The number of rotatable bonds is 4. The normalized spacial score (nSPS) is 15.7. The third-order valence-electron chi connectivity index (χ3n) is 3.92. The average Bonchev–Trinajstić information content (AvgIpc) is 2.66. The molecule has 27 heavy (non-hydrogen) atoms. The summed E-state index contributed by atoms with van der Waals surface area (Å²) in [5, 5.41) is 2.60. The van der Waals surface area contributed by atoms with E-state index in [1.165, 1.54) is 25.2 Å². The minimum Gasteiger partial charge on any atom is -0.493 e. The Balaban J connectivity index is 2.06. The second-order valence-electron chi connectivity index (χ2n) is 5.52. The summed E-state index contributed by atoms with van der Waals surface area (Å²) < 4.78 is 11.2. The number of ether oxygens (including phenoxy) is 2. The van der Waals surface area contributed by atoms with Gasteiger partial charge in [-0.25, -0.2) is 0 Å². The van der Waals surface area contributed by atoms with Gasteiger partial charge in [0.15, 0.2) is 16.6 Å². The van der Waals surface area contributed by atoms with E-state index in [4.69, 9.17) is 21.7 Å². The molecular formula is C19H15BrN2O4S. The molecule has 1 N–H and O–H groups in total. The topological polar surface area (TPSA) is 67.9 Å². The van der Waals surface area contributed by atoms with Crippen molar-refractivity contribution in [1.29, 1.82) is 0 Å². The number of amides is 2. The van der Waals surface area contributed by atoms with Gasteiger partial charge in [-0.2, -0.15) is 0 Å². The van der Waals surface area contributed by atoms with Gasteiger partial charge in [0, 0.05) is 4.47 Å². The first-order chi connectivity index (χ1) is 13.0. The summed E-state index contributed by atoms with van der Waals surface area (Å²) in [6, 6.07) is 12.3. The molecule has 0 saturated carbocycles. The lowest BCUT2D eigenvalue weighted by atomic mass is 10.1. The van der Waals surface area contributed by atoms with Gasteiger partial charge in [-0.1, -0.05) is 34.1 Å². The Labute approximate surface area is 169 Å². The van der Waals surface area contributed by atoms with E-state index in [1.807, 2.05) is 6.07 Å². The molecule has 0 unspecified atom stereocenters.